The quantitative estimate of drug-likeness (QED) is 0.536. The van der Waals surface area contributed by atoms with Crippen LogP contribution < -0.4 is 4.74 Å². The van der Waals surface area contributed by atoms with Crippen molar-refractivity contribution in [3.05, 3.63) is 65.2 Å². The van der Waals surface area contributed by atoms with E-state index in [4.69, 9.17) is 16.3 Å². The number of hydrogen-bond donors (Lipinski definition) is 0. The molecule has 4 heteroatoms. The van der Waals surface area contributed by atoms with Crippen LogP contribution in [-0.4, -0.2) is 23.5 Å². The van der Waals surface area contributed by atoms with Gasteiger partial charge in [0, 0.05) is 18.0 Å². The van der Waals surface area contributed by atoms with Crippen molar-refractivity contribution in [3.63, 3.8) is 0 Å². The number of ketones is 1. The summed E-state index contributed by atoms with van der Waals surface area (Å²) < 4.78 is 48.9. The van der Waals surface area contributed by atoms with E-state index in [0.717, 1.165) is 0 Å². The Hall–Kier alpha value is -2.62. The van der Waals surface area contributed by atoms with Crippen molar-refractivity contribution >= 4 is 11.8 Å². The Labute approximate surface area is 162 Å². The van der Waals surface area contributed by atoms with Gasteiger partial charge >= 0.3 is 5.97 Å². The molecule has 0 radical (unpaired) electrons. The highest BCUT2D eigenvalue weighted by atomic mass is 16.6. The van der Waals surface area contributed by atoms with Crippen molar-refractivity contribution in [3.8, 4) is 5.75 Å². The molecule has 2 aromatic rings. The van der Waals surface area contributed by atoms with Crippen LogP contribution in [0.4, 0.5) is 0 Å². The van der Waals surface area contributed by atoms with Gasteiger partial charge in [0.2, 0.25) is 0 Å². The minimum Gasteiger partial charge on any atom is -0.476 e. The molecule has 0 spiro atoms. The van der Waals surface area contributed by atoms with Gasteiger partial charge in [0.25, 0.3) is 0 Å². The zero-order valence-corrected chi connectivity index (χ0v) is 15.3. The fourth-order valence-electron chi connectivity index (χ4n) is 2.27. The van der Waals surface area contributed by atoms with Gasteiger partial charge in [-0.15, -0.1) is 0 Å². The Kier molecular flexibility index (Phi) is 4.26. The third kappa shape index (κ3) is 4.94. The van der Waals surface area contributed by atoms with Crippen LogP contribution in [0.3, 0.4) is 0 Å². The summed E-state index contributed by atoms with van der Waals surface area (Å²) in [5.41, 5.74) is -0.837. The van der Waals surface area contributed by atoms with Gasteiger partial charge in [0.1, 0.15) is 5.75 Å². The molecule has 138 valence electrons. The lowest BCUT2D eigenvalue weighted by Crippen LogP contribution is -2.40. The van der Waals surface area contributed by atoms with Crippen molar-refractivity contribution < 1.29 is 25.9 Å². The van der Waals surface area contributed by atoms with Gasteiger partial charge < -0.3 is 9.47 Å². The van der Waals surface area contributed by atoms with Gasteiger partial charge in [-0.3, -0.25) is 4.79 Å². The largest absolute Gasteiger partial charge is 0.476 e. The number of hydrogen-bond acceptors (Lipinski definition) is 4. The summed E-state index contributed by atoms with van der Waals surface area (Å²) >= 11 is 0. The van der Waals surface area contributed by atoms with Crippen molar-refractivity contribution in [2.24, 2.45) is 0 Å². The van der Waals surface area contributed by atoms with E-state index in [2.05, 4.69) is 0 Å². The fraction of sp³-hybridized carbons (Fsp3) is 0.364. The molecule has 0 aliphatic heterocycles. The maximum absolute atomic E-state index is 12.8. The molecule has 0 aliphatic carbocycles. The summed E-state index contributed by atoms with van der Waals surface area (Å²) in [7, 11) is 0. The molecule has 0 aliphatic rings. The number of aryl methyl sites for hydroxylation is 1. The summed E-state index contributed by atoms with van der Waals surface area (Å²) in [6.07, 6.45) is -2.86. The van der Waals surface area contributed by atoms with E-state index in [-0.39, 0.29) is 17.2 Å². The second-order valence-electron chi connectivity index (χ2n) is 6.63. The first-order chi connectivity index (χ1) is 14.1. The minimum atomic E-state index is -2.86. The standard InChI is InChI=1S/C22H26O4/c1-6-16-8-7-9-18(14-16)20(23)17-10-12-19(13-11-17)26-22(4,5)21(24)25-15(2)3/h7-15H,6H2,1-5H3/i1D3,6D2. The zero-order valence-electron chi connectivity index (χ0n) is 20.3. The third-order valence-corrected chi connectivity index (χ3v) is 3.59. The molecule has 0 saturated carbocycles. The number of carbonyl (C=O) groups excluding carboxylic acids is 2. The Balaban J connectivity index is 2.22. The van der Waals surface area contributed by atoms with Crippen LogP contribution in [-0.2, 0) is 15.9 Å². The smallest absolute Gasteiger partial charge is 0.350 e. The average Bonchev–Trinajstić information content (AvgIpc) is 2.66. The first-order valence-electron chi connectivity index (χ1n) is 10.8. The summed E-state index contributed by atoms with van der Waals surface area (Å²) in [5.74, 6) is -0.536. The van der Waals surface area contributed by atoms with E-state index in [9.17, 15) is 9.59 Å². The van der Waals surface area contributed by atoms with E-state index in [1.165, 1.54) is 36.4 Å². The van der Waals surface area contributed by atoms with E-state index in [1.54, 1.807) is 39.8 Å². The Bertz CT molecular complexity index is 947. The van der Waals surface area contributed by atoms with Gasteiger partial charge in [0.15, 0.2) is 11.4 Å². The lowest BCUT2D eigenvalue weighted by molar-refractivity contribution is -0.163. The number of carbonyl (C=O) groups is 2. The number of ether oxygens (including phenoxy) is 2. The zero-order chi connectivity index (χ0) is 23.6. The van der Waals surface area contributed by atoms with Crippen LogP contribution in [0.15, 0.2) is 48.5 Å². The van der Waals surface area contributed by atoms with Crippen molar-refractivity contribution in [2.45, 2.75) is 52.6 Å². The lowest BCUT2D eigenvalue weighted by atomic mass is 10.0. The van der Waals surface area contributed by atoms with Crippen molar-refractivity contribution in [1.82, 2.24) is 0 Å². The molecule has 2 rings (SSSR count). The first-order valence-corrected chi connectivity index (χ1v) is 8.30. The van der Waals surface area contributed by atoms with Crippen LogP contribution in [0, 0.1) is 0 Å². The van der Waals surface area contributed by atoms with Crippen LogP contribution in [0.2, 0.25) is 0 Å². The van der Waals surface area contributed by atoms with Gasteiger partial charge in [0.05, 0.1) is 6.10 Å². The van der Waals surface area contributed by atoms with Gasteiger partial charge in [-0.1, -0.05) is 25.1 Å². The molecule has 0 heterocycles. The van der Waals surface area contributed by atoms with E-state index in [1.807, 2.05) is 0 Å². The monoisotopic (exact) mass is 359 g/mol. The highest BCUT2D eigenvalue weighted by Gasteiger charge is 2.32. The van der Waals surface area contributed by atoms with Gasteiger partial charge in [-0.05, 0) is 70.0 Å². The maximum Gasteiger partial charge on any atom is 0.350 e. The normalized spacial score (nSPS) is 15.2. The Morgan fingerprint density at radius 3 is 2.42 bits per heavy atom. The summed E-state index contributed by atoms with van der Waals surface area (Å²) in [6.45, 7) is 3.79. The van der Waals surface area contributed by atoms with Gasteiger partial charge in [-0.25, -0.2) is 4.79 Å². The molecule has 0 atom stereocenters. The molecular weight excluding hydrogens is 328 g/mol. The summed E-state index contributed by atoms with van der Waals surface area (Å²) in [6, 6.07) is 11.7. The van der Waals surface area contributed by atoms with E-state index < -0.39 is 30.6 Å². The molecule has 0 unspecified atom stereocenters. The highest BCUT2D eigenvalue weighted by Crippen LogP contribution is 2.22. The molecule has 26 heavy (non-hydrogen) atoms. The molecule has 0 bridgehead atoms. The van der Waals surface area contributed by atoms with Crippen LogP contribution in [0.1, 0.15) is 62.9 Å². The molecule has 0 saturated heterocycles. The second-order valence-corrected chi connectivity index (χ2v) is 6.63. The molecule has 0 N–H and O–H groups in total. The third-order valence-electron chi connectivity index (χ3n) is 3.59. The molecule has 2 aromatic carbocycles. The predicted octanol–water partition coefficient (Wildman–Crippen LogP) is 4.59. The Morgan fingerprint density at radius 1 is 1.12 bits per heavy atom. The number of esters is 1. The maximum atomic E-state index is 12.8. The second kappa shape index (κ2) is 8.17. The topological polar surface area (TPSA) is 52.6 Å². The summed E-state index contributed by atoms with van der Waals surface area (Å²) in [5, 5.41) is 0. The van der Waals surface area contributed by atoms with Crippen LogP contribution in [0.5, 0.6) is 5.75 Å². The Morgan fingerprint density at radius 2 is 1.81 bits per heavy atom. The van der Waals surface area contributed by atoms with Gasteiger partial charge in [-0.2, -0.15) is 0 Å². The first kappa shape index (κ1) is 13.6. The molecule has 0 aromatic heterocycles. The molecule has 0 fully saturated rings. The predicted molar refractivity (Wildman–Crippen MR) is 102 cm³/mol. The average molecular weight is 359 g/mol. The molecule has 4 nitrogen and oxygen atoms in total. The van der Waals surface area contributed by atoms with Crippen LogP contribution in [0.25, 0.3) is 0 Å². The highest BCUT2D eigenvalue weighted by molar-refractivity contribution is 6.09. The minimum absolute atomic E-state index is 0.0938. The summed E-state index contributed by atoms with van der Waals surface area (Å²) in [4.78, 5) is 25.0. The molecular formula is C22H26O4. The number of benzene rings is 2. The van der Waals surface area contributed by atoms with E-state index >= 15 is 0 Å². The van der Waals surface area contributed by atoms with E-state index in [0.29, 0.717) is 11.3 Å². The lowest BCUT2D eigenvalue weighted by Gasteiger charge is -2.25. The molecule has 0 amide bonds. The van der Waals surface area contributed by atoms with Crippen molar-refractivity contribution in [2.75, 3.05) is 0 Å². The SMILES string of the molecule is [2H]C([2H])([2H])C([2H])([2H])c1cccc(C(=O)c2ccc(OC(C)(C)C(=O)OC(C)C)cc2)c1. The van der Waals surface area contributed by atoms with Crippen LogP contribution >= 0.6 is 0 Å². The number of rotatable bonds is 7. The fourth-order valence-corrected chi connectivity index (χ4v) is 2.27. The van der Waals surface area contributed by atoms with Crippen molar-refractivity contribution in [1.29, 1.82) is 0 Å².